The van der Waals surface area contributed by atoms with E-state index in [-0.39, 0.29) is 24.3 Å². The Kier molecular flexibility index (Phi) is 9.21. The van der Waals surface area contributed by atoms with Crippen LogP contribution in [0.3, 0.4) is 0 Å². The minimum absolute atomic E-state index is 0.153. The topological polar surface area (TPSA) is 89.7 Å². The highest BCUT2D eigenvalue weighted by molar-refractivity contribution is 5.91. The van der Waals surface area contributed by atoms with E-state index in [1.54, 1.807) is 0 Å². The molecule has 1 saturated heterocycles. The minimum Gasteiger partial charge on any atom is -0.494 e. The van der Waals surface area contributed by atoms with Gasteiger partial charge in [0.25, 0.3) is 0 Å². The van der Waals surface area contributed by atoms with Crippen LogP contribution in [-0.4, -0.2) is 67.1 Å². The smallest absolute Gasteiger partial charge is 0.243 e. The predicted molar refractivity (Wildman–Crippen MR) is 163 cm³/mol. The van der Waals surface area contributed by atoms with Crippen LogP contribution in [0.1, 0.15) is 30.9 Å². The van der Waals surface area contributed by atoms with Gasteiger partial charge in [-0.3, -0.25) is 14.5 Å². The van der Waals surface area contributed by atoms with Gasteiger partial charge < -0.3 is 25.3 Å². The second-order valence-corrected chi connectivity index (χ2v) is 10.5. The highest BCUT2D eigenvalue weighted by atomic mass is 16.5. The van der Waals surface area contributed by atoms with Crippen molar-refractivity contribution in [3.8, 4) is 5.75 Å². The zero-order valence-electron chi connectivity index (χ0n) is 23.8. The number of hydrogen-bond acceptors (Lipinski definition) is 5. The summed E-state index contributed by atoms with van der Waals surface area (Å²) in [4.78, 5) is 34.8. The minimum atomic E-state index is -0.744. The van der Waals surface area contributed by atoms with Crippen LogP contribution in [0.15, 0.2) is 85.1 Å². The van der Waals surface area contributed by atoms with Gasteiger partial charge in [-0.1, -0.05) is 61.5 Å². The first-order valence-corrected chi connectivity index (χ1v) is 14.4. The fraction of sp³-hybridized carbons (Fsp3) is 0.333. The lowest BCUT2D eigenvalue weighted by Gasteiger charge is -2.36. The highest BCUT2D eigenvalue weighted by Gasteiger charge is 2.30. The number of H-pyrrole nitrogens is 1. The lowest BCUT2D eigenvalue weighted by atomic mass is 9.92. The predicted octanol–water partition coefficient (Wildman–Crippen LogP) is 4.29. The van der Waals surface area contributed by atoms with Crippen LogP contribution < -0.4 is 20.3 Å². The monoisotopic (exact) mass is 553 g/mol. The van der Waals surface area contributed by atoms with Crippen molar-refractivity contribution in [2.45, 2.75) is 32.4 Å². The first kappa shape index (κ1) is 28.2. The molecule has 1 fully saturated rings. The van der Waals surface area contributed by atoms with E-state index in [0.717, 1.165) is 54.0 Å². The molecule has 0 radical (unpaired) electrons. The van der Waals surface area contributed by atoms with Crippen LogP contribution in [0.5, 0.6) is 5.75 Å². The summed E-state index contributed by atoms with van der Waals surface area (Å²) in [5.74, 6) is 0.110. The molecular weight excluding hydrogens is 514 g/mol. The summed E-state index contributed by atoms with van der Waals surface area (Å²) in [6.45, 7) is 8.30. The molecule has 2 heterocycles. The number of ether oxygens (including phenoxy) is 1. The number of nitrogens with one attached hydrogen (secondary N) is 3. The van der Waals surface area contributed by atoms with Crippen molar-refractivity contribution in [3.05, 3.63) is 96.2 Å². The highest BCUT2D eigenvalue weighted by Crippen LogP contribution is 2.28. The quantitative estimate of drug-likeness (QED) is 0.258. The van der Waals surface area contributed by atoms with Crippen LogP contribution in [-0.2, 0) is 16.1 Å². The third-order valence-corrected chi connectivity index (χ3v) is 7.80. The van der Waals surface area contributed by atoms with Crippen LogP contribution in [0.2, 0.25) is 0 Å². The SMILES string of the molecule is CCOc1ccccc1CNC(=O)C(NC(=O)CN1CCN(c2ccccc2)CC1)C(C)c1c[nH]c2ccccc12. The number of para-hydroxylation sites is 3. The fourth-order valence-electron chi connectivity index (χ4n) is 5.53. The van der Waals surface area contributed by atoms with Crippen LogP contribution in [0.25, 0.3) is 10.9 Å². The number of hydrogen-bond donors (Lipinski definition) is 3. The molecule has 8 nitrogen and oxygen atoms in total. The lowest BCUT2D eigenvalue weighted by molar-refractivity contribution is -0.130. The summed E-state index contributed by atoms with van der Waals surface area (Å²) in [5.41, 5.74) is 4.09. The molecule has 2 unspecified atom stereocenters. The maximum atomic E-state index is 13.7. The lowest BCUT2D eigenvalue weighted by Crippen LogP contribution is -2.54. The molecule has 0 spiro atoms. The molecule has 5 rings (SSSR count). The molecule has 0 saturated carbocycles. The Morgan fingerprint density at radius 1 is 0.927 bits per heavy atom. The summed E-state index contributed by atoms with van der Waals surface area (Å²) in [6.07, 6.45) is 1.94. The number of aromatic nitrogens is 1. The third kappa shape index (κ3) is 6.89. The Bertz CT molecular complexity index is 1450. The van der Waals surface area contributed by atoms with Crippen molar-refractivity contribution in [2.75, 3.05) is 44.2 Å². The first-order valence-electron chi connectivity index (χ1n) is 14.4. The molecular formula is C33H39N5O3. The summed E-state index contributed by atoms with van der Waals surface area (Å²) in [6, 6.07) is 25.3. The van der Waals surface area contributed by atoms with Gasteiger partial charge in [-0.15, -0.1) is 0 Å². The van der Waals surface area contributed by atoms with Crippen molar-refractivity contribution < 1.29 is 14.3 Å². The van der Waals surface area contributed by atoms with Crippen LogP contribution in [0.4, 0.5) is 5.69 Å². The number of rotatable bonds is 11. The molecule has 2 amide bonds. The average molecular weight is 554 g/mol. The van der Waals surface area contributed by atoms with E-state index in [1.165, 1.54) is 5.69 Å². The molecule has 0 aliphatic carbocycles. The molecule has 0 bridgehead atoms. The van der Waals surface area contributed by atoms with Gasteiger partial charge in [0.15, 0.2) is 0 Å². The fourth-order valence-corrected chi connectivity index (χ4v) is 5.53. The normalized spacial score (nSPS) is 15.3. The third-order valence-electron chi connectivity index (χ3n) is 7.80. The van der Waals surface area contributed by atoms with E-state index >= 15 is 0 Å². The second kappa shape index (κ2) is 13.4. The number of nitrogens with zero attached hydrogens (tertiary/aromatic N) is 2. The molecule has 2 atom stereocenters. The van der Waals surface area contributed by atoms with Crippen molar-refractivity contribution in [1.29, 1.82) is 0 Å². The van der Waals surface area contributed by atoms with Gasteiger partial charge >= 0.3 is 0 Å². The number of fused-ring (bicyclic) bond motifs is 1. The largest absolute Gasteiger partial charge is 0.494 e. The maximum Gasteiger partial charge on any atom is 0.243 e. The van der Waals surface area contributed by atoms with Gasteiger partial charge in [0.2, 0.25) is 11.8 Å². The molecule has 3 N–H and O–H groups in total. The molecule has 1 aliphatic heterocycles. The van der Waals surface area contributed by atoms with E-state index in [1.807, 2.05) is 86.8 Å². The van der Waals surface area contributed by atoms with Crippen molar-refractivity contribution in [1.82, 2.24) is 20.5 Å². The van der Waals surface area contributed by atoms with Crippen LogP contribution in [0, 0.1) is 0 Å². The molecule has 8 heteroatoms. The molecule has 214 valence electrons. The van der Waals surface area contributed by atoms with Crippen LogP contribution >= 0.6 is 0 Å². The zero-order chi connectivity index (χ0) is 28.6. The Morgan fingerprint density at radius 3 is 2.41 bits per heavy atom. The number of amides is 2. The molecule has 1 aliphatic rings. The Balaban J connectivity index is 1.27. The van der Waals surface area contributed by atoms with Gasteiger partial charge in [-0.2, -0.15) is 0 Å². The molecule has 3 aromatic carbocycles. The standard InChI is InChI=1S/C33H39N5O3/c1-3-41-30-16-10-7-11-25(30)21-35-33(40)32(24(2)28-22-34-29-15-9-8-14-27(28)29)36-31(39)23-37-17-19-38(20-18-37)26-12-5-4-6-13-26/h4-16,22,24,32,34H,3,17-21,23H2,1-2H3,(H,35,40)(H,36,39). The number of anilines is 1. The van der Waals surface area contributed by atoms with Gasteiger partial charge in [0, 0.05) is 67.0 Å². The van der Waals surface area contributed by atoms with Gasteiger partial charge in [0.05, 0.1) is 13.2 Å². The zero-order valence-corrected chi connectivity index (χ0v) is 23.8. The molecule has 4 aromatic rings. The molecule has 1 aromatic heterocycles. The van der Waals surface area contributed by atoms with E-state index in [9.17, 15) is 9.59 Å². The summed E-state index contributed by atoms with van der Waals surface area (Å²) in [5, 5.41) is 7.19. The van der Waals surface area contributed by atoms with Crippen molar-refractivity contribution >= 4 is 28.4 Å². The van der Waals surface area contributed by atoms with E-state index < -0.39 is 6.04 Å². The number of piperazine rings is 1. The number of benzene rings is 3. The van der Waals surface area contributed by atoms with Gasteiger partial charge in [0.1, 0.15) is 11.8 Å². The Hall–Kier alpha value is -4.30. The summed E-state index contributed by atoms with van der Waals surface area (Å²) in [7, 11) is 0. The number of aromatic amines is 1. The summed E-state index contributed by atoms with van der Waals surface area (Å²) < 4.78 is 5.74. The van der Waals surface area contributed by atoms with E-state index in [2.05, 4.69) is 37.6 Å². The number of carbonyl (C=O) groups is 2. The van der Waals surface area contributed by atoms with E-state index in [0.29, 0.717) is 13.2 Å². The Labute approximate surface area is 241 Å². The Morgan fingerprint density at radius 2 is 1.63 bits per heavy atom. The molecule has 41 heavy (non-hydrogen) atoms. The second-order valence-electron chi connectivity index (χ2n) is 10.5. The number of carbonyl (C=O) groups excluding carboxylic acids is 2. The van der Waals surface area contributed by atoms with Crippen molar-refractivity contribution in [2.24, 2.45) is 0 Å². The maximum absolute atomic E-state index is 13.7. The van der Waals surface area contributed by atoms with Crippen molar-refractivity contribution in [3.63, 3.8) is 0 Å². The van der Waals surface area contributed by atoms with Gasteiger partial charge in [-0.05, 0) is 36.8 Å². The summed E-state index contributed by atoms with van der Waals surface area (Å²) >= 11 is 0. The van der Waals surface area contributed by atoms with Gasteiger partial charge in [-0.25, -0.2) is 0 Å². The van der Waals surface area contributed by atoms with E-state index in [4.69, 9.17) is 4.74 Å². The first-order chi connectivity index (χ1) is 20.0. The average Bonchev–Trinajstić information content (AvgIpc) is 3.44.